The summed E-state index contributed by atoms with van der Waals surface area (Å²) in [4.78, 5) is 14.6. The summed E-state index contributed by atoms with van der Waals surface area (Å²) in [5.41, 5.74) is 10.1. The SMILES string of the molecule is N#Cc1ccc2c(-c3ccc(-c4ccccc4)cc3)ccc(-c3ccc(-c4nc(-c5ccccc5)nc(-c5ccccc5)n4)cc3)c2c1. The van der Waals surface area contributed by atoms with Gasteiger partial charge in [-0.15, -0.1) is 0 Å². The fourth-order valence-electron chi connectivity index (χ4n) is 6.13. The summed E-state index contributed by atoms with van der Waals surface area (Å²) in [5.74, 6) is 1.87. The van der Waals surface area contributed by atoms with Crippen LogP contribution in [0.4, 0.5) is 0 Å². The van der Waals surface area contributed by atoms with Gasteiger partial charge in [0.2, 0.25) is 0 Å². The largest absolute Gasteiger partial charge is 0.208 e. The highest BCUT2D eigenvalue weighted by Gasteiger charge is 2.14. The van der Waals surface area contributed by atoms with E-state index in [2.05, 4.69) is 97.1 Å². The molecular weight excluding hydrogens is 585 g/mol. The van der Waals surface area contributed by atoms with Crippen LogP contribution >= 0.6 is 0 Å². The van der Waals surface area contributed by atoms with Crippen molar-refractivity contribution in [1.82, 2.24) is 15.0 Å². The molecule has 1 aromatic heterocycles. The van der Waals surface area contributed by atoms with E-state index in [1.54, 1.807) is 0 Å². The molecule has 0 unspecified atom stereocenters. The normalized spacial score (nSPS) is 10.9. The van der Waals surface area contributed by atoms with Crippen molar-refractivity contribution in [3.8, 4) is 73.6 Å². The molecule has 0 aliphatic carbocycles. The molecule has 48 heavy (non-hydrogen) atoms. The lowest BCUT2D eigenvalue weighted by molar-refractivity contribution is 1.07. The monoisotopic (exact) mass is 612 g/mol. The summed E-state index contributed by atoms with van der Waals surface area (Å²) in [6.45, 7) is 0. The molecule has 7 aromatic carbocycles. The van der Waals surface area contributed by atoms with Crippen molar-refractivity contribution in [2.75, 3.05) is 0 Å². The smallest absolute Gasteiger partial charge is 0.164 e. The Hall–Kier alpha value is -6.70. The molecule has 8 rings (SSSR count). The van der Waals surface area contributed by atoms with Gasteiger partial charge >= 0.3 is 0 Å². The van der Waals surface area contributed by atoms with E-state index in [9.17, 15) is 5.26 Å². The van der Waals surface area contributed by atoms with Crippen molar-refractivity contribution in [2.24, 2.45) is 0 Å². The molecular formula is C44H28N4. The van der Waals surface area contributed by atoms with Crippen molar-refractivity contribution >= 4 is 10.8 Å². The van der Waals surface area contributed by atoms with Crippen LogP contribution in [0.25, 0.3) is 78.3 Å². The molecule has 0 saturated heterocycles. The predicted octanol–water partition coefficient (Wildman–Crippen LogP) is 10.9. The van der Waals surface area contributed by atoms with Crippen LogP contribution in [0.1, 0.15) is 5.56 Å². The molecule has 1 heterocycles. The highest BCUT2D eigenvalue weighted by atomic mass is 15.0. The zero-order valence-electron chi connectivity index (χ0n) is 26.0. The molecule has 4 heteroatoms. The molecule has 0 aliphatic rings. The van der Waals surface area contributed by atoms with Crippen LogP contribution in [0.5, 0.6) is 0 Å². The van der Waals surface area contributed by atoms with E-state index in [0.717, 1.165) is 49.7 Å². The lowest BCUT2D eigenvalue weighted by Crippen LogP contribution is -2.00. The minimum Gasteiger partial charge on any atom is -0.208 e. The van der Waals surface area contributed by atoms with E-state index in [1.165, 1.54) is 11.1 Å². The second-order valence-electron chi connectivity index (χ2n) is 11.6. The van der Waals surface area contributed by atoms with Crippen LogP contribution in [0.2, 0.25) is 0 Å². The van der Waals surface area contributed by atoms with Crippen molar-refractivity contribution in [1.29, 1.82) is 5.26 Å². The summed E-state index contributed by atoms with van der Waals surface area (Å²) in [6, 6.07) is 60.0. The fourth-order valence-corrected chi connectivity index (χ4v) is 6.13. The van der Waals surface area contributed by atoms with Crippen LogP contribution in [0.15, 0.2) is 170 Å². The van der Waals surface area contributed by atoms with Gasteiger partial charge in [0.25, 0.3) is 0 Å². The minimum atomic E-state index is 0.611. The molecule has 224 valence electrons. The van der Waals surface area contributed by atoms with E-state index in [-0.39, 0.29) is 0 Å². The number of hydrogen-bond acceptors (Lipinski definition) is 4. The van der Waals surface area contributed by atoms with Gasteiger partial charge in [-0.3, -0.25) is 0 Å². The first-order valence-corrected chi connectivity index (χ1v) is 15.8. The topological polar surface area (TPSA) is 62.5 Å². The standard InChI is InChI=1S/C44H28N4/c45-29-30-16-25-40-38(33-19-17-32(18-20-33)31-10-4-1-5-11-31)26-27-39(41(40)28-30)34-21-23-37(24-22-34)44-47-42(35-12-6-2-7-13-35)46-43(48-44)36-14-8-3-9-15-36/h1-28H. The Morgan fingerprint density at radius 1 is 0.333 bits per heavy atom. The maximum absolute atomic E-state index is 9.79. The van der Waals surface area contributed by atoms with Gasteiger partial charge in [-0.05, 0) is 56.3 Å². The van der Waals surface area contributed by atoms with E-state index in [1.807, 2.05) is 78.9 Å². The zero-order valence-corrected chi connectivity index (χ0v) is 26.0. The predicted molar refractivity (Wildman–Crippen MR) is 195 cm³/mol. The molecule has 4 nitrogen and oxygen atoms in total. The van der Waals surface area contributed by atoms with Crippen LogP contribution in [0.3, 0.4) is 0 Å². The lowest BCUT2D eigenvalue weighted by Gasteiger charge is -2.14. The maximum atomic E-state index is 9.79. The average Bonchev–Trinajstić information content (AvgIpc) is 3.18. The second kappa shape index (κ2) is 12.6. The molecule has 0 spiro atoms. The first-order chi connectivity index (χ1) is 23.7. The molecule has 0 atom stereocenters. The molecule has 0 saturated carbocycles. The van der Waals surface area contributed by atoms with Gasteiger partial charge in [-0.2, -0.15) is 5.26 Å². The van der Waals surface area contributed by atoms with Gasteiger partial charge in [0.05, 0.1) is 11.6 Å². The Balaban J connectivity index is 1.19. The summed E-state index contributed by atoms with van der Waals surface area (Å²) >= 11 is 0. The summed E-state index contributed by atoms with van der Waals surface area (Å²) < 4.78 is 0. The van der Waals surface area contributed by atoms with Crippen molar-refractivity contribution in [3.05, 3.63) is 175 Å². The van der Waals surface area contributed by atoms with Crippen LogP contribution < -0.4 is 0 Å². The quantitative estimate of drug-likeness (QED) is 0.187. The number of benzene rings is 7. The van der Waals surface area contributed by atoms with Gasteiger partial charge in [0, 0.05) is 16.7 Å². The molecule has 8 aromatic rings. The molecule has 0 fully saturated rings. The van der Waals surface area contributed by atoms with E-state index in [4.69, 9.17) is 15.0 Å². The minimum absolute atomic E-state index is 0.611. The number of nitrogens with zero attached hydrogens (tertiary/aromatic N) is 4. The third kappa shape index (κ3) is 5.62. The van der Waals surface area contributed by atoms with Gasteiger partial charge in [0.1, 0.15) is 0 Å². The molecule has 0 amide bonds. The number of hydrogen-bond donors (Lipinski definition) is 0. The van der Waals surface area contributed by atoms with Gasteiger partial charge in [-0.1, -0.05) is 158 Å². The maximum Gasteiger partial charge on any atom is 0.164 e. The Morgan fingerprint density at radius 2 is 0.708 bits per heavy atom. The van der Waals surface area contributed by atoms with Gasteiger partial charge in [0.15, 0.2) is 17.5 Å². The molecule has 0 bridgehead atoms. The van der Waals surface area contributed by atoms with Crippen molar-refractivity contribution in [3.63, 3.8) is 0 Å². The highest BCUT2D eigenvalue weighted by Crippen LogP contribution is 2.37. The first kappa shape index (κ1) is 28.8. The summed E-state index contributed by atoms with van der Waals surface area (Å²) in [6.07, 6.45) is 0. The van der Waals surface area contributed by atoms with E-state index < -0.39 is 0 Å². The van der Waals surface area contributed by atoms with Crippen LogP contribution in [-0.4, -0.2) is 15.0 Å². The van der Waals surface area contributed by atoms with Crippen LogP contribution in [-0.2, 0) is 0 Å². The Kier molecular flexibility index (Phi) is 7.54. The first-order valence-electron chi connectivity index (χ1n) is 15.8. The average molecular weight is 613 g/mol. The second-order valence-corrected chi connectivity index (χ2v) is 11.6. The number of rotatable bonds is 6. The third-order valence-corrected chi connectivity index (χ3v) is 8.60. The summed E-state index contributed by atoms with van der Waals surface area (Å²) in [5, 5.41) is 11.9. The van der Waals surface area contributed by atoms with Crippen molar-refractivity contribution < 1.29 is 0 Å². The van der Waals surface area contributed by atoms with E-state index >= 15 is 0 Å². The summed E-state index contributed by atoms with van der Waals surface area (Å²) in [7, 11) is 0. The Bertz CT molecular complexity index is 2360. The molecule has 0 radical (unpaired) electrons. The van der Waals surface area contributed by atoms with E-state index in [0.29, 0.717) is 23.0 Å². The number of aromatic nitrogens is 3. The Morgan fingerprint density at radius 3 is 1.19 bits per heavy atom. The zero-order chi connectivity index (χ0) is 32.3. The van der Waals surface area contributed by atoms with Gasteiger partial charge < -0.3 is 0 Å². The fraction of sp³-hybridized carbons (Fsp3) is 0. The Labute approximate surface area is 279 Å². The number of fused-ring (bicyclic) bond motifs is 1. The molecule has 0 N–H and O–H groups in total. The highest BCUT2D eigenvalue weighted by molar-refractivity contribution is 6.05. The van der Waals surface area contributed by atoms with Crippen molar-refractivity contribution in [2.45, 2.75) is 0 Å². The number of nitriles is 1. The third-order valence-electron chi connectivity index (χ3n) is 8.60. The van der Waals surface area contributed by atoms with Gasteiger partial charge in [-0.25, -0.2) is 15.0 Å². The molecule has 0 aliphatic heterocycles. The lowest BCUT2D eigenvalue weighted by atomic mass is 9.90. The van der Waals surface area contributed by atoms with Crippen LogP contribution in [0, 0.1) is 11.3 Å².